The van der Waals surface area contributed by atoms with Crippen molar-refractivity contribution in [1.82, 2.24) is 9.21 Å². The molecule has 14 heteroatoms. The van der Waals surface area contributed by atoms with Crippen molar-refractivity contribution >= 4 is 31.6 Å². The number of amides is 1. The normalized spacial score (nSPS) is 21.6. The van der Waals surface area contributed by atoms with Gasteiger partial charge in [0.05, 0.1) is 48.7 Å². The van der Waals surface area contributed by atoms with Crippen LogP contribution in [0.4, 0.5) is 5.69 Å². The average Bonchev–Trinajstić information content (AvgIpc) is 2.97. The molecule has 1 aliphatic heterocycles. The molecule has 0 fully saturated rings. The molecule has 0 unspecified atom stereocenters. The van der Waals surface area contributed by atoms with Crippen LogP contribution in [0.15, 0.2) is 47.4 Å². The second-order valence-electron chi connectivity index (χ2n) is 11.3. The minimum Gasteiger partial charge on any atom is -0.497 e. The maximum Gasteiger partial charge on any atom is 0.258 e. The topological polar surface area (TPSA) is 152 Å². The van der Waals surface area contributed by atoms with Gasteiger partial charge in [0.25, 0.3) is 5.91 Å². The standard InChI is InChI=1S/C30H45N3O9S2/c1-21-18-33(22(2)20-34)30(35)27-17-24(31-43(6,36)37)10-15-28(27)42-23(3)9-7-8-16-41-29(21)19-32(4)44(38,39)26-13-11-25(40-5)12-14-26/h10-15,17,21-23,29,31,34H,7-9,16,18-20H2,1-6H3/t21-,22+,23-,29-/m0/s1. The highest BCUT2D eigenvalue weighted by atomic mass is 32.2. The average molecular weight is 656 g/mol. The van der Waals surface area contributed by atoms with Gasteiger partial charge in [-0.15, -0.1) is 0 Å². The number of aliphatic hydroxyl groups is 1. The fourth-order valence-corrected chi connectivity index (χ4v) is 6.68. The zero-order chi connectivity index (χ0) is 32.7. The number of aliphatic hydroxyl groups excluding tert-OH is 1. The van der Waals surface area contributed by atoms with E-state index in [-0.39, 0.29) is 47.9 Å². The smallest absolute Gasteiger partial charge is 0.258 e. The van der Waals surface area contributed by atoms with Gasteiger partial charge in [-0.25, -0.2) is 16.8 Å². The van der Waals surface area contributed by atoms with Crippen LogP contribution in [0, 0.1) is 5.92 Å². The summed E-state index contributed by atoms with van der Waals surface area (Å²) in [5.74, 6) is 0.0233. The number of benzene rings is 2. The van der Waals surface area contributed by atoms with Gasteiger partial charge in [-0.1, -0.05) is 6.92 Å². The van der Waals surface area contributed by atoms with Crippen LogP contribution < -0.4 is 14.2 Å². The van der Waals surface area contributed by atoms with Gasteiger partial charge >= 0.3 is 0 Å². The monoisotopic (exact) mass is 655 g/mol. The predicted molar refractivity (Wildman–Crippen MR) is 168 cm³/mol. The molecule has 0 saturated carbocycles. The molecular formula is C30H45N3O9S2. The first-order valence-corrected chi connectivity index (χ1v) is 17.9. The van der Waals surface area contributed by atoms with Gasteiger partial charge in [-0.05, 0) is 75.6 Å². The molecule has 0 radical (unpaired) electrons. The lowest BCUT2D eigenvalue weighted by molar-refractivity contribution is -0.00833. The van der Waals surface area contributed by atoms with E-state index in [0.29, 0.717) is 30.9 Å². The van der Waals surface area contributed by atoms with Crippen LogP contribution in [0.3, 0.4) is 0 Å². The summed E-state index contributed by atoms with van der Waals surface area (Å²) >= 11 is 0. The number of fused-ring (bicyclic) bond motifs is 1. The molecule has 0 bridgehead atoms. The lowest BCUT2D eigenvalue weighted by Gasteiger charge is -2.35. The third-order valence-corrected chi connectivity index (χ3v) is 10.0. The Kier molecular flexibility index (Phi) is 12.4. The maximum atomic E-state index is 14.1. The quantitative estimate of drug-likeness (QED) is 0.415. The molecule has 1 amide bonds. The second kappa shape index (κ2) is 15.4. The van der Waals surface area contributed by atoms with Crippen molar-refractivity contribution in [2.45, 2.75) is 63.2 Å². The minimum atomic E-state index is -3.86. The number of carbonyl (C=O) groups excluding carboxylic acids is 1. The lowest BCUT2D eigenvalue weighted by atomic mass is 10.0. The zero-order valence-corrected chi connectivity index (χ0v) is 27.9. The van der Waals surface area contributed by atoms with Gasteiger partial charge in [0.1, 0.15) is 11.5 Å². The number of carbonyl (C=O) groups is 1. The highest BCUT2D eigenvalue weighted by Crippen LogP contribution is 2.29. The molecule has 3 rings (SSSR count). The number of sulfonamides is 2. The maximum absolute atomic E-state index is 14.1. The van der Waals surface area contributed by atoms with Crippen molar-refractivity contribution < 1.29 is 40.9 Å². The van der Waals surface area contributed by atoms with Gasteiger partial charge in [-0.3, -0.25) is 9.52 Å². The lowest BCUT2D eigenvalue weighted by Crippen LogP contribution is -2.48. The first kappa shape index (κ1) is 35.6. The fraction of sp³-hybridized carbons (Fsp3) is 0.567. The Morgan fingerprint density at radius 2 is 1.80 bits per heavy atom. The molecule has 1 aliphatic rings. The summed E-state index contributed by atoms with van der Waals surface area (Å²) in [6.07, 6.45) is 2.34. The molecule has 1 heterocycles. The number of hydrogen-bond acceptors (Lipinski definition) is 9. The van der Waals surface area contributed by atoms with Gasteiger partial charge in [-0.2, -0.15) is 4.31 Å². The molecule has 44 heavy (non-hydrogen) atoms. The van der Waals surface area contributed by atoms with Gasteiger partial charge in [0, 0.05) is 38.3 Å². The van der Waals surface area contributed by atoms with Crippen LogP contribution in [0.5, 0.6) is 11.5 Å². The van der Waals surface area contributed by atoms with Crippen LogP contribution in [-0.2, 0) is 24.8 Å². The summed E-state index contributed by atoms with van der Waals surface area (Å²) in [6, 6.07) is 10.1. The molecule has 4 atom stereocenters. The predicted octanol–water partition coefficient (Wildman–Crippen LogP) is 3.18. The number of anilines is 1. The number of likely N-dealkylation sites (N-methyl/N-ethyl adjacent to an activating group) is 1. The van der Waals surface area contributed by atoms with Gasteiger partial charge < -0.3 is 24.2 Å². The van der Waals surface area contributed by atoms with E-state index in [1.807, 2.05) is 13.8 Å². The molecule has 0 aromatic heterocycles. The first-order chi connectivity index (χ1) is 20.7. The second-order valence-corrected chi connectivity index (χ2v) is 15.1. The number of methoxy groups -OCH3 is 1. The summed E-state index contributed by atoms with van der Waals surface area (Å²) < 4.78 is 71.9. The molecule has 2 aromatic rings. The third-order valence-electron chi connectivity index (χ3n) is 7.56. The van der Waals surface area contributed by atoms with Crippen LogP contribution in [0.2, 0.25) is 0 Å². The van der Waals surface area contributed by atoms with Crippen LogP contribution in [0.1, 0.15) is 50.4 Å². The molecular weight excluding hydrogens is 610 g/mol. The first-order valence-electron chi connectivity index (χ1n) is 14.6. The Morgan fingerprint density at radius 1 is 1.11 bits per heavy atom. The van der Waals surface area contributed by atoms with E-state index < -0.39 is 38.1 Å². The van der Waals surface area contributed by atoms with E-state index in [9.17, 15) is 26.7 Å². The van der Waals surface area contributed by atoms with E-state index in [1.165, 1.54) is 47.6 Å². The molecule has 0 saturated heterocycles. The Morgan fingerprint density at radius 3 is 2.41 bits per heavy atom. The number of hydrogen-bond donors (Lipinski definition) is 2. The summed E-state index contributed by atoms with van der Waals surface area (Å²) in [7, 11) is -4.47. The van der Waals surface area contributed by atoms with Crippen LogP contribution >= 0.6 is 0 Å². The van der Waals surface area contributed by atoms with Crippen LogP contribution in [-0.4, -0.2) is 102 Å². The number of nitrogens with one attached hydrogen (secondary N) is 1. The van der Waals surface area contributed by atoms with E-state index in [2.05, 4.69) is 4.72 Å². The minimum absolute atomic E-state index is 0.0313. The van der Waals surface area contributed by atoms with E-state index >= 15 is 0 Å². The third kappa shape index (κ3) is 9.54. The number of rotatable bonds is 9. The van der Waals surface area contributed by atoms with Crippen molar-refractivity contribution in [1.29, 1.82) is 0 Å². The summed E-state index contributed by atoms with van der Waals surface area (Å²) in [5.41, 5.74) is 0.347. The number of nitrogens with zero attached hydrogens (tertiary/aromatic N) is 2. The molecule has 2 aromatic carbocycles. The van der Waals surface area contributed by atoms with Crippen molar-refractivity contribution in [3.05, 3.63) is 48.0 Å². The molecule has 2 N–H and O–H groups in total. The summed E-state index contributed by atoms with van der Waals surface area (Å²) in [5, 5.41) is 10.1. The Hall–Kier alpha value is -2.91. The SMILES string of the molecule is COc1ccc(S(=O)(=O)N(C)C[C@@H]2OCCCC[C@H](C)Oc3ccc(NS(C)(=O)=O)cc3C(=O)N([C@H](C)CO)C[C@@H]2C)cc1. The highest BCUT2D eigenvalue weighted by Gasteiger charge is 2.32. The molecule has 12 nitrogen and oxygen atoms in total. The summed E-state index contributed by atoms with van der Waals surface area (Å²) in [6.45, 7) is 5.68. The Balaban J connectivity index is 1.97. The van der Waals surface area contributed by atoms with E-state index in [1.54, 1.807) is 25.1 Å². The zero-order valence-electron chi connectivity index (χ0n) is 26.2. The van der Waals surface area contributed by atoms with Crippen LogP contribution in [0.25, 0.3) is 0 Å². The van der Waals surface area contributed by atoms with Crippen molar-refractivity contribution in [2.24, 2.45) is 5.92 Å². The molecule has 0 aliphatic carbocycles. The van der Waals surface area contributed by atoms with Gasteiger partial charge in [0.2, 0.25) is 20.0 Å². The van der Waals surface area contributed by atoms with Crippen molar-refractivity contribution in [2.75, 3.05) is 51.4 Å². The molecule has 246 valence electrons. The Bertz CT molecular complexity index is 1470. The largest absolute Gasteiger partial charge is 0.497 e. The highest BCUT2D eigenvalue weighted by molar-refractivity contribution is 7.92. The number of ether oxygens (including phenoxy) is 3. The fourth-order valence-electron chi connectivity index (χ4n) is 4.94. The van der Waals surface area contributed by atoms with Crippen molar-refractivity contribution in [3.8, 4) is 11.5 Å². The Labute approximate surface area is 261 Å². The van der Waals surface area contributed by atoms with E-state index in [0.717, 1.165) is 12.7 Å². The molecule has 0 spiro atoms. The van der Waals surface area contributed by atoms with Crippen molar-refractivity contribution in [3.63, 3.8) is 0 Å². The van der Waals surface area contributed by atoms with Gasteiger partial charge in [0.15, 0.2) is 0 Å². The summed E-state index contributed by atoms with van der Waals surface area (Å²) in [4.78, 5) is 15.7. The van der Waals surface area contributed by atoms with E-state index in [4.69, 9.17) is 14.2 Å².